The van der Waals surface area contributed by atoms with E-state index in [1.165, 1.54) is 5.56 Å². The second-order valence-corrected chi connectivity index (χ2v) is 4.81. The number of ether oxygens (including phenoxy) is 2. The van der Waals surface area contributed by atoms with E-state index in [1.807, 2.05) is 12.1 Å². The predicted octanol–water partition coefficient (Wildman–Crippen LogP) is 3.88. The summed E-state index contributed by atoms with van der Waals surface area (Å²) in [5, 5.41) is 0.0789. The van der Waals surface area contributed by atoms with Crippen molar-refractivity contribution in [1.82, 2.24) is 0 Å². The highest BCUT2D eigenvalue weighted by molar-refractivity contribution is 6.21. The molecule has 0 aliphatic heterocycles. The van der Waals surface area contributed by atoms with Gasteiger partial charge in [0.2, 0.25) is 0 Å². The lowest BCUT2D eigenvalue weighted by Gasteiger charge is -2.28. The topological polar surface area (TPSA) is 18.5 Å². The highest BCUT2D eigenvalue weighted by atomic mass is 35.5. The Bertz CT molecular complexity index is 390. The summed E-state index contributed by atoms with van der Waals surface area (Å²) < 4.78 is 10.7. The summed E-state index contributed by atoms with van der Waals surface area (Å²) in [5.74, 6) is 2.22. The summed E-state index contributed by atoms with van der Waals surface area (Å²) in [6, 6.07) is 3.97. The Morgan fingerprint density at radius 3 is 2.56 bits per heavy atom. The molecule has 0 N–H and O–H groups in total. The van der Waals surface area contributed by atoms with E-state index in [-0.39, 0.29) is 5.38 Å². The third kappa shape index (κ3) is 1.86. The number of hydrogen-bond donors (Lipinski definition) is 0. The first kappa shape index (κ1) is 11.6. The molecular formula is C13H17ClO2. The van der Waals surface area contributed by atoms with Crippen molar-refractivity contribution >= 4 is 11.6 Å². The summed E-state index contributed by atoms with van der Waals surface area (Å²) >= 11 is 6.36. The Morgan fingerprint density at radius 1 is 1.19 bits per heavy atom. The van der Waals surface area contributed by atoms with Crippen LogP contribution in [0.5, 0.6) is 11.5 Å². The van der Waals surface area contributed by atoms with Gasteiger partial charge in [-0.2, -0.15) is 0 Å². The molecule has 88 valence electrons. The minimum absolute atomic E-state index is 0.0789. The maximum absolute atomic E-state index is 6.36. The molecule has 0 spiro atoms. The Balaban J connectivity index is 2.58. The smallest absolute Gasteiger partial charge is 0.126 e. The molecule has 0 radical (unpaired) electrons. The molecular weight excluding hydrogens is 224 g/mol. The molecule has 0 amide bonds. The van der Waals surface area contributed by atoms with E-state index < -0.39 is 0 Å². The Hall–Kier alpha value is -0.890. The second-order valence-electron chi connectivity index (χ2n) is 4.28. The Morgan fingerprint density at radius 2 is 1.94 bits per heavy atom. The first-order valence-corrected chi connectivity index (χ1v) is 6.01. The predicted molar refractivity (Wildman–Crippen MR) is 65.8 cm³/mol. The lowest BCUT2D eigenvalue weighted by molar-refractivity contribution is 0.383. The minimum Gasteiger partial charge on any atom is -0.497 e. The van der Waals surface area contributed by atoms with Gasteiger partial charge in [-0.25, -0.2) is 0 Å². The van der Waals surface area contributed by atoms with Crippen molar-refractivity contribution in [3.63, 3.8) is 0 Å². The molecule has 2 unspecified atom stereocenters. The number of alkyl halides is 1. The van der Waals surface area contributed by atoms with E-state index in [4.69, 9.17) is 21.1 Å². The number of hydrogen-bond acceptors (Lipinski definition) is 2. The molecule has 2 nitrogen and oxygen atoms in total. The van der Waals surface area contributed by atoms with Crippen LogP contribution < -0.4 is 9.47 Å². The van der Waals surface area contributed by atoms with E-state index in [0.717, 1.165) is 29.9 Å². The quantitative estimate of drug-likeness (QED) is 0.731. The highest BCUT2D eigenvalue weighted by Crippen LogP contribution is 2.46. The first-order valence-electron chi connectivity index (χ1n) is 5.57. The zero-order valence-corrected chi connectivity index (χ0v) is 10.7. The first-order chi connectivity index (χ1) is 7.67. The molecule has 16 heavy (non-hydrogen) atoms. The van der Waals surface area contributed by atoms with Crippen molar-refractivity contribution in [3.8, 4) is 11.5 Å². The lowest BCUT2D eigenvalue weighted by atomic mass is 9.83. The molecule has 2 atom stereocenters. The maximum atomic E-state index is 6.36. The van der Waals surface area contributed by atoms with Gasteiger partial charge in [-0.15, -0.1) is 11.6 Å². The SMILES string of the molecule is COc1cc(OC)c2c(c1)C(Cl)CCC2C. The van der Waals surface area contributed by atoms with Crippen LogP contribution in [-0.4, -0.2) is 14.2 Å². The van der Waals surface area contributed by atoms with Crippen LogP contribution in [0.4, 0.5) is 0 Å². The van der Waals surface area contributed by atoms with Crippen molar-refractivity contribution in [1.29, 1.82) is 0 Å². The van der Waals surface area contributed by atoms with Gasteiger partial charge in [-0.05, 0) is 30.4 Å². The van der Waals surface area contributed by atoms with Gasteiger partial charge in [0.25, 0.3) is 0 Å². The molecule has 1 aromatic rings. The van der Waals surface area contributed by atoms with Crippen LogP contribution in [-0.2, 0) is 0 Å². The van der Waals surface area contributed by atoms with Gasteiger partial charge >= 0.3 is 0 Å². The number of rotatable bonds is 2. The fourth-order valence-electron chi connectivity index (χ4n) is 2.39. The lowest BCUT2D eigenvalue weighted by Crippen LogP contribution is -2.11. The molecule has 0 heterocycles. The van der Waals surface area contributed by atoms with Gasteiger partial charge in [0.1, 0.15) is 11.5 Å². The van der Waals surface area contributed by atoms with E-state index in [9.17, 15) is 0 Å². The molecule has 1 aliphatic carbocycles. The normalized spacial score (nSPS) is 23.8. The summed E-state index contributed by atoms with van der Waals surface area (Å²) in [6.07, 6.45) is 2.13. The van der Waals surface area contributed by atoms with Crippen LogP contribution in [0.2, 0.25) is 0 Å². The molecule has 1 aliphatic rings. The van der Waals surface area contributed by atoms with Crippen LogP contribution in [0, 0.1) is 0 Å². The van der Waals surface area contributed by atoms with Gasteiger partial charge in [0.15, 0.2) is 0 Å². The van der Waals surface area contributed by atoms with Gasteiger partial charge < -0.3 is 9.47 Å². The Kier molecular flexibility index (Phi) is 3.29. The summed E-state index contributed by atoms with van der Waals surface area (Å²) in [6.45, 7) is 2.22. The standard InChI is InChI=1S/C13H17ClO2/c1-8-4-5-11(14)10-6-9(15-2)7-12(16-3)13(8)10/h6-8,11H,4-5H2,1-3H3. The van der Waals surface area contributed by atoms with E-state index >= 15 is 0 Å². The van der Waals surface area contributed by atoms with Crippen LogP contribution in [0.15, 0.2) is 12.1 Å². The van der Waals surface area contributed by atoms with Gasteiger partial charge in [-0.3, -0.25) is 0 Å². The highest BCUT2D eigenvalue weighted by Gasteiger charge is 2.27. The fraction of sp³-hybridized carbons (Fsp3) is 0.538. The summed E-state index contributed by atoms with van der Waals surface area (Å²) in [5.41, 5.74) is 2.41. The Labute approximate surface area is 102 Å². The van der Waals surface area contributed by atoms with Crippen molar-refractivity contribution in [2.75, 3.05) is 14.2 Å². The zero-order chi connectivity index (χ0) is 11.7. The summed E-state index contributed by atoms with van der Waals surface area (Å²) in [7, 11) is 3.36. The molecule has 3 heteroatoms. The van der Waals surface area contributed by atoms with Crippen molar-refractivity contribution in [2.24, 2.45) is 0 Å². The molecule has 0 aromatic heterocycles. The van der Waals surface area contributed by atoms with E-state index in [0.29, 0.717) is 5.92 Å². The number of fused-ring (bicyclic) bond motifs is 1. The average molecular weight is 241 g/mol. The van der Waals surface area contributed by atoms with Crippen molar-refractivity contribution < 1.29 is 9.47 Å². The van der Waals surface area contributed by atoms with E-state index in [2.05, 4.69) is 6.92 Å². The van der Waals surface area contributed by atoms with Crippen LogP contribution in [0.25, 0.3) is 0 Å². The molecule has 0 fully saturated rings. The molecule has 0 saturated heterocycles. The summed E-state index contributed by atoms with van der Waals surface area (Å²) in [4.78, 5) is 0. The van der Waals surface area contributed by atoms with Crippen LogP contribution in [0.1, 0.15) is 42.2 Å². The van der Waals surface area contributed by atoms with Crippen LogP contribution >= 0.6 is 11.6 Å². The van der Waals surface area contributed by atoms with Crippen molar-refractivity contribution in [3.05, 3.63) is 23.3 Å². The third-order valence-electron chi connectivity index (χ3n) is 3.29. The van der Waals surface area contributed by atoms with E-state index in [1.54, 1.807) is 14.2 Å². The zero-order valence-electron chi connectivity index (χ0n) is 9.92. The third-order valence-corrected chi connectivity index (χ3v) is 3.74. The maximum Gasteiger partial charge on any atom is 0.126 e. The molecule has 0 bridgehead atoms. The van der Waals surface area contributed by atoms with Gasteiger partial charge in [-0.1, -0.05) is 6.92 Å². The second kappa shape index (κ2) is 4.54. The van der Waals surface area contributed by atoms with Crippen LogP contribution in [0.3, 0.4) is 0 Å². The number of methoxy groups -OCH3 is 2. The largest absolute Gasteiger partial charge is 0.497 e. The fourth-order valence-corrected chi connectivity index (χ4v) is 2.70. The monoisotopic (exact) mass is 240 g/mol. The number of halogens is 1. The van der Waals surface area contributed by atoms with Gasteiger partial charge in [0, 0.05) is 11.6 Å². The average Bonchev–Trinajstić information content (AvgIpc) is 2.32. The minimum atomic E-state index is 0.0789. The number of benzene rings is 1. The molecule has 0 saturated carbocycles. The van der Waals surface area contributed by atoms with Crippen molar-refractivity contribution in [2.45, 2.75) is 31.1 Å². The molecule has 1 aromatic carbocycles. The molecule has 2 rings (SSSR count). The van der Waals surface area contributed by atoms with Gasteiger partial charge in [0.05, 0.1) is 19.6 Å².